The number of fused-ring (bicyclic) bond motifs is 2. The molecule has 2 unspecified atom stereocenters. The Morgan fingerprint density at radius 3 is 1.69 bits per heavy atom. The second-order valence-electron chi connectivity index (χ2n) is 23.5. The SMILES string of the molecule is CCN(CC)CC.COc1ccc(C(OC[C@H]2O[C@@H](n3cnc4c(=O)[nH]c(NC(=O)C(C)C)nc43)C[C@@H]2OP(=O)(OC[C@H]2O[C@@H](n3cnc4c(NC(=O)c5ccccc5)ncnc43)C[C@@H]2OP(=O)(O)Oc2ccc(Cl)cc2)Oc2ccc(Cl)cc2)(c2ccccc2)c2ccc(OC)cc2)cc1. The van der Waals surface area contributed by atoms with Crippen LogP contribution in [0.4, 0.5) is 11.8 Å². The predicted molar refractivity (Wildman–Crippen MR) is 377 cm³/mol. The number of imidazole rings is 2. The van der Waals surface area contributed by atoms with Crippen molar-refractivity contribution >= 4 is 84.8 Å². The van der Waals surface area contributed by atoms with Crippen LogP contribution in [-0.4, -0.2) is 132 Å². The van der Waals surface area contributed by atoms with Gasteiger partial charge in [-0.1, -0.05) is 131 Å². The van der Waals surface area contributed by atoms with Gasteiger partial charge in [0, 0.05) is 34.4 Å². The maximum atomic E-state index is 16.1. The van der Waals surface area contributed by atoms with Crippen molar-refractivity contribution in [1.29, 1.82) is 0 Å². The molecule has 0 spiro atoms. The molecule has 101 heavy (non-hydrogen) atoms. The number of benzene rings is 6. The molecular formula is C70H75Cl2N11O16P2. The standard InChI is InChI=1S/C64H60Cl2N10O16P2.C6H15N/c1-38(2)60(77)73-63-72-59-56(62(79)74-63)70-37-76(59)54-32-50(51(87-54)33-85-64(40-13-9-6-10-14-40,41-15-23-45(83-3)24-16-41)42-17-25-46(84-4)26-18-42)92-94(82,90-48-29-21-44(66)22-30-48)86-34-52-49(91-93(80,81)89-47-27-19-43(65)20-28-47)31-53(88-52)75-36-69-55-57(67-35-68-58(55)75)71-61(78)39-11-7-5-8-12-39;1-4-7(5-2)6-3/h5-30,35-38,49-54H,31-34H2,1-4H3,(H,80,81)(H,67,68,71,78)(H2,72,73,74,77,79);4-6H2,1-3H3/t49-,50-,51+,52+,53+,54+,94?;/m0./s1. The van der Waals surface area contributed by atoms with E-state index in [4.69, 9.17) is 69.5 Å². The first kappa shape index (κ1) is 73.3. The number of aromatic nitrogens is 8. The number of anilines is 2. The highest BCUT2D eigenvalue weighted by Gasteiger charge is 2.49. The van der Waals surface area contributed by atoms with Gasteiger partial charge >= 0.3 is 15.6 Å². The quantitative estimate of drug-likeness (QED) is 0.0261. The number of hydrogen-bond donors (Lipinski definition) is 4. The first-order chi connectivity index (χ1) is 48.7. The molecular weight excluding hydrogens is 1380 g/mol. The van der Waals surface area contributed by atoms with Crippen LogP contribution in [-0.2, 0) is 47.3 Å². The van der Waals surface area contributed by atoms with E-state index in [1.807, 2.05) is 54.6 Å². The van der Waals surface area contributed by atoms with Crippen LogP contribution in [0.3, 0.4) is 0 Å². The van der Waals surface area contributed by atoms with Crippen LogP contribution in [0.15, 0.2) is 182 Å². The van der Waals surface area contributed by atoms with Crippen molar-refractivity contribution in [1.82, 2.24) is 43.9 Å². The maximum absolute atomic E-state index is 16.1. The van der Waals surface area contributed by atoms with Crippen LogP contribution >= 0.6 is 38.8 Å². The number of carbonyl (C=O) groups is 2. The molecule has 8 atom stereocenters. The highest BCUT2D eigenvalue weighted by molar-refractivity contribution is 7.49. The Hall–Kier alpha value is -8.92. The van der Waals surface area contributed by atoms with Crippen LogP contribution in [0.1, 0.15) is 87.0 Å². The van der Waals surface area contributed by atoms with Gasteiger partial charge in [-0.3, -0.25) is 52.3 Å². The Bertz CT molecular complexity index is 4550. The monoisotopic (exact) mass is 1460 g/mol. The fourth-order valence-corrected chi connectivity index (χ4v) is 14.1. The number of aromatic amines is 1. The molecule has 0 radical (unpaired) electrons. The van der Waals surface area contributed by atoms with Gasteiger partial charge in [-0.25, -0.2) is 29.1 Å². The largest absolute Gasteiger partial charge is 0.530 e. The fourth-order valence-electron chi connectivity index (χ4n) is 11.5. The molecule has 2 aliphatic heterocycles. The fraction of sp³-hybridized carbons (Fsp3) is 0.314. The van der Waals surface area contributed by atoms with E-state index in [-0.39, 0.29) is 65.0 Å². The Balaban J connectivity index is 0.00000139. The third-order valence-corrected chi connectivity index (χ3v) is 19.7. The minimum Gasteiger partial charge on any atom is -0.497 e. The van der Waals surface area contributed by atoms with Crippen molar-refractivity contribution in [2.45, 2.75) is 89.9 Å². The molecule has 31 heteroatoms. The minimum atomic E-state index is -5.09. The molecule has 10 aromatic rings. The zero-order valence-electron chi connectivity index (χ0n) is 56.0. The number of rotatable bonds is 28. The van der Waals surface area contributed by atoms with Crippen LogP contribution < -0.4 is 34.7 Å². The number of halogens is 2. The van der Waals surface area contributed by atoms with E-state index in [9.17, 15) is 23.8 Å². The average Bonchev–Trinajstić information content (AvgIpc) is 1.55. The van der Waals surface area contributed by atoms with Gasteiger partial charge in [-0.05, 0) is 121 Å². The van der Waals surface area contributed by atoms with Crippen LogP contribution in [0.25, 0.3) is 22.3 Å². The van der Waals surface area contributed by atoms with Crippen molar-refractivity contribution in [3.8, 4) is 23.0 Å². The summed E-state index contributed by atoms with van der Waals surface area (Å²) in [6.45, 7) is 12.4. The minimum absolute atomic E-state index is 0.0190. The Labute approximate surface area is 591 Å². The van der Waals surface area contributed by atoms with E-state index in [2.05, 4.69) is 66.2 Å². The van der Waals surface area contributed by atoms with E-state index < -0.39 is 88.0 Å². The first-order valence-electron chi connectivity index (χ1n) is 32.4. The number of phosphoric acid groups is 2. The van der Waals surface area contributed by atoms with Crippen molar-refractivity contribution in [3.63, 3.8) is 0 Å². The molecule has 0 bridgehead atoms. The maximum Gasteiger partial charge on any atom is 0.530 e. The lowest BCUT2D eigenvalue weighted by molar-refractivity contribution is -0.119. The lowest BCUT2D eigenvalue weighted by Gasteiger charge is -2.37. The van der Waals surface area contributed by atoms with Gasteiger partial charge in [0.1, 0.15) is 71.8 Å². The number of methoxy groups -OCH3 is 2. The smallest absolute Gasteiger partial charge is 0.497 e. The molecule has 4 aromatic heterocycles. The van der Waals surface area contributed by atoms with Gasteiger partial charge < -0.3 is 42.9 Å². The Kier molecular flexibility index (Phi) is 23.8. The zero-order valence-corrected chi connectivity index (χ0v) is 59.3. The summed E-state index contributed by atoms with van der Waals surface area (Å²) in [6, 6.07) is 44.2. The number of carbonyl (C=O) groups excluding carboxylic acids is 2. The van der Waals surface area contributed by atoms with Crippen molar-refractivity contribution < 1.29 is 69.9 Å². The topological polar surface area (TPSA) is 315 Å². The summed E-state index contributed by atoms with van der Waals surface area (Å²) >= 11 is 12.5. The molecule has 0 saturated carbocycles. The summed E-state index contributed by atoms with van der Waals surface area (Å²) in [5.74, 6) is -0.326. The van der Waals surface area contributed by atoms with Crippen molar-refractivity contribution in [2.75, 3.05) is 57.7 Å². The van der Waals surface area contributed by atoms with Gasteiger partial charge in [0.15, 0.2) is 28.1 Å². The Morgan fingerprint density at radius 1 is 0.644 bits per heavy atom. The van der Waals surface area contributed by atoms with Gasteiger partial charge in [0.2, 0.25) is 11.9 Å². The lowest BCUT2D eigenvalue weighted by Crippen LogP contribution is -2.38. The Morgan fingerprint density at radius 2 is 1.15 bits per heavy atom. The molecule has 4 N–H and O–H groups in total. The molecule has 27 nitrogen and oxygen atoms in total. The molecule has 2 fully saturated rings. The third kappa shape index (κ3) is 17.5. The summed E-state index contributed by atoms with van der Waals surface area (Å²) in [4.78, 5) is 78.5. The summed E-state index contributed by atoms with van der Waals surface area (Å²) in [5, 5.41) is 6.07. The average molecular weight is 1460 g/mol. The molecule has 2 aliphatic rings. The molecule has 2 saturated heterocycles. The highest BCUT2D eigenvalue weighted by atomic mass is 35.5. The second kappa shape index (κ2) is 32.8. The number of phosphoric ester groups is 2. The van der Waals surface area contributed by atoms with Gasteiger partial charge in [-0.15, -0.1) is 0 Å². The van der Waals surface area contributed by atoms with E-state index in [0.717, 1.165) is 0 Å². The molecule has 0 aliphatic carbocycles. The lowest BCUT2D eigenvalue weighted by atomic mass is 9.80. The summed E-state index contributed by atoms with van der Waals surface area (Å²) in [6.07, 6.45) is -3.93. The molecule has 12 rings (SSSR count). The van der Waals surface area contributed by atoms with E-state index in [1.165, 1.54) is 96.3 Å². The summed E-state index contributed by atoms with van der Waals surface area (Å²) in [5.41, 5.74) is 0.604. The zero-order chi connectivity index (χ0) is 71.4. The van der Waals surface area contributed by atoms with Gasteiger partial charge in [0.25, 0.3) is 11.5 Å². The summed E-state index contributed by atoms with van der Waals surface area (Å²) < 4.78 is 96.1. The number of nitrogens with one attached hydrogen (secondary N) is 3. The second-order valence-corrected chi connectivity index (χ2v) is 27.3. The molecule has 2 amide bonds. The number of amides is 2. The number of hydrogen-bond acceptors (Lipinski definition) is 21. The van der Waals surface area contributed by atoms with E-state index >= 15 is 4.57 Å². The van der Waals surface area contributed by atoms with Gasteiger partial charge in [0.05, 0.1) is 40.1 Å². The first-order valence-corrected chi connectivity index (χ1v) is 36.1. The van der Waals surface area contributed by atoms with Crippen molar-refractivity contribution in [2.24, 2.45) is 5.92 Å². The van der Waals surface area contributed by atoms with Crippen molar-refractivity contribution in [3.05, 3.63) is 219 Å². The molecule has 6 aromatic carbocycles. The number of nitrogens with zero attached hydrogens (tertiary/aromatic N) is 8. The van der Waals surface area contributed by atoms with E-state index in [0.29, 0.717) is 43.8 Å². The van der Waals surface area contributed by atoms with Crippen LogP contribution in [0.2, 0.25) is 10.0 Å². The summed E-state index contributed by atoms with van der Waals surface area (Å²) in [7, 11) is -7.02. The van der Waals surface area contributed by atoms with Gasteiger partial charge in [-0.2, -0.15) is 4.98 Å². The predicted octanol–water partition coefficient (Wildman–Crippen LogP) is 13.2. The number of ether oxygens (including phenoxy) is 5. The molecule has 6 heterocycles. The normalized spacial score (nSPS) is 18.7. The van der Waals surface area contributed by atoms with E-state index in [1.54, 1.807) is 82.7 Å². The van der Waals surface area contributed by atoms with Crippen LogP contribution in [0, 0.1) is 5.92 Å². The molecule has 530 valence electrons. The third-order valence-electron chi connectivity index (χ3n) is 16.8. The number of H-pyrrole nitrogens is 1. The van der Waals surface area contributed by atoms with Crippen LogP contribution in [0.5, 0.6) is 23.0 Å². The highest BCUT2D eigenvalue weighted by Crippen LogP contribution is 2.56.